The Labute approximate surface area is 187 Å². The fourth-order valence-electron chi connectivity index (χ4n) is 4.32. The van der Waals surface area contributed by atoms with Crippen molar-refractivity contribution < 1.29 is 13.2 Å². The largest absolute Gasteiger partial charge is 0.379 e. The zero-order chi connectivity index (χ0) is 22.1. The number of hydrogen-bond acceptors (Lipinski definition) is 8. The van der Waals surface area contributed by atoms with Gasteiger partial charge in [-0.15, -0.1) is 0 Å². The van der Waals surface area contributed by atoms with Crippen LogP contribution < -0.4 is 4.90 Å². The predicted octanol–water partition coefficient (Wildman–Crippen LogP) is 0.706. The average Bonchev–Trinajstić information content (AvgIpc) is 3.21. The van der Waals surface area contributed by atoms with Gasteiger partial charge in [0, 0.05) is 52.9 Å². The molecule has 0 bridgehead atoms. The number of fused-ring (bicyclic) bond motifs is 1. The van der Waals surface area contributed by atoms with E-state index in [9.17, 15) is 8.42 Å². The summed E-state index contributed by atoms with van der Waals surface area (Å²) in [6.45, 7) is 5.83. The second-order valence-electron chi connectivity index (χ2n) is 8.13. The highest BCUT2D eigenvalue weighted by Gasteiger charge is 2.27. The Kier molecular flexibility index (Phi) is 5.80. The van der Waals surface area contributed by atoms with Gasteiger partial charge in [0.15, 0.2) is 5.65 Å². The van der Waals surface area contributed by atoms with Crippen LogP contribution in [0.2, 0.25) is 0 Å². The van der Waals surface area contributed by atoms with Gasteiger partial charge in [-0.25, -0.2) is 18.4 Å². The Morgan fingerprint density at radius 2 is 1.81 bits per heavy atom. The van der Waals surface area contributed by atoms with E-state index in [1.54, 1.807) is 23.1 Å². The fourth-order valence-corrected chi connectivity index (χ4v) is 5.80. The molecule has 0 radical (unpaired) electrons. The lowest BCUT2D eigenvalue weighted by Crippen LogP contribution is -2.46. The lowest BCUT2D eigenvalue weighted by atomic mass is 10.2. The molecule has 2 aliphatic rings. The highest BCUT2D eigenvalue weighted by Crippen LogP contribution is 2.24. The quantitative estimate of drug-likeness (QED) is 0.553. The van der Waals surface area contributed by atoms with Gasteiger partial charge in [-0.05, 0) is 17.7 Å². The molecule has 5 rings (SSSR count). The van der Waals surface area contributed by atoms with Crippen molar-refractivity contribution in [1.29, 1.82) is 0 Å². The van der Waals surface area contributed by atoms with Gasteiger partial charge in [-0.1, -0.05) is 12.1 Å². The molecule has 1 aromatic carbocycles. The number of sulfonamides is 1. The standard InChI is InChI=1S/C21H27N7O3S/c1-25-20-19(14-24-25)21(23-16-22-20)27-7-5-26(6-8-27)15-17-3-2-4-18(13-17)32(29,30)28-9-11-31-12-10-28/h2-4,13-14,16H,5-12,15H2,1H3. The van der Waals surface area contributed by atoms with Crippen LogP contribution in [0.3, 0.4) is 0 Å². The molecule has 0 atom stereocenters. The topological polar surface area (TPSA) is 96.7 Å². The van der Waals surface area contributed by atoms with Crippen molar-refractivity contribution >= 4 is 26.9 Å². The van der Waals surface area contributed by atoms with Crippen molar-refractivity contribution in [3.8, 4) is 0 Å². The van der Waals surface area contributed by atoms with Gasteiger partial charge in [-0.2, -0.15) is 9.40 Å². The van der Waals surface area contributed by atoms with Crippen molar-refractivity contribution in [3.63, 3.8) is 0 Å². The minimum absolute atomic E-state index is 0.357. The number of aromatic nitrogens is 4. The molecule has 170 valence electrons. The van der Waals surface area contributed by atoms with E-state index in [2.05, 4.69) is 24.9 Å². The number of rotatable bonds is 5. The summed E-state index contributed by atoms with van der Waals surface area (Å²) in [6.07, 6.45) is 3.41. The number of ether oxygens (including phenoxy) is 1. The first-order chi connectivity index (χ1) is 15.5. The maximum atomic E-state index is 13.0. The monoisotopic (exact) mass is 457 g/mol. The Hall–Kier alpha value is -2.60. The molecule has 0 saturated carbocycles. The number of nitrogens with zero attached hydrogens (tertiary/aromatic N) is 7. The van der Waals surface area contributed by atoms with Gasteiger partial charge >= 0.3 is 0 Å². The Morgan fingerprint density at radius 3 is 2.59 bits per heavy atom. The Bertz CT molecular complexity index is 1200. The molecule has 0 unspecified atom stereocenters. The Balaban J connectivity index is 1.25. The van der Waals surface area contributed by atoms with E-state index in [4.69, 9.17) is 4.74 Å². The lowest BCUT2D eigenvalue weighted by Gasteiger charge is -2.35. The minimum Gasteiger partial charge on any atom is -0.379 e. The lowest BCUT2D eigenvalue weighted by molar-refractivity contribution is 0.0730. The summed E-state index contributed by atoms with van der Waals surface area (Å²) in [5, 5.41) is 5.26. The van der Waals surface area contributed by atoms with Crippen LogP contribution in [0.15, 0.2) is 41.7 Å². The molecule has 0 spiro atoms. The van der Waals surface area contributed by atoms with E-state index in [1.807, 2.05) is 25.4 Å². The second kappa shape index (κ2) is 8.74. The number of benzene rings is 1. The van der Waals surface area contributed by atoms with Gasteiger partial charge in [0.25, 0.3) is 0 Å². The Morgan fingerprint density at radius 1 is 1.03 bits per heavy atom. The highest BCUT2D eigenvalue weighted by atomic mass is 32.2. The van der Waals surface area contributed by atoms with Crippen LogP contribution >= 0.6 is 0 Å². The highest BCUT2D eigenvalue weighted by molar-refractivity contribution is 7.89. The molecule has 2 saturated heterocycles. The summed E-state index contributed by atoms with van der Waals surface area (Å²) in [5.74, 6) is 0.918. The van der Waals surface area contributed by atoms with E-state index in [-0.39, 0.29) is 0 Å². The van der Waals surface area contributed by atoms with Crippen LogP contribution in [-0.2, 0) is 28.4 Å². The molecule has 3 aromatic rings. The zero-order valence-corrected chi connectivity index (χ0v) is 18.9. The first kappa shape index (κ1) is 21.3. The summed E-state index contributed by atoms with van der Waals surface area (Å²) in [5.41, 5.74) is 1.83. The van der Waals surface area contributed by atoms with Gasteiger partial charge in [0.2, 0.25) is 10.0 Å². The smallest absolute Gasteiger partial charge is 0.243 e. The average molecular weight is 458 g/mol. The third-order valence-electron chi connectivity index (χ3n) is 6.09. The third-order valence-corrected chi connectivity index (χ3v) is 7.99. The van der Waals surface area contributed by atoms with E-state index in [0.29, 0.717) is 37.7 Å². The SMILES string of the molecule is Cn1ncc2c(N3CCN(Cc4cccc(S(=O)(=O)N5CCOCC5)c4)CC3)ncnc21. The first-order valence-corrected chi connectivity index (χ1v) is 12.2. The van der Waals surface area contributed by atoms with Crippen molar-refractivity contribution in [2.75, 3.05) is 57.4 Å². The molecule has 0 N–H and O–H groups in total. The number of hydrogen-bond donors (Lipinski definition) is 0. The van der Waals surface area contributed by atoms with Crippen LogP contribution in [0, 0.1) is 0 Å². The summed E-state index contributed by atoms with van der Waals surface area (Å²) in [4.78, 5) is 13.8. The summed E-state index contributed by atoms with van der Waals surface area (Å²) >= 11 is 0. The van der Waals surface area contributed by atoms with Crippen LogP contribution in [0.25, 0.3) is 11.0 Å². The number of aryl methyl sites for hydroxylation is 1. The van der Waals surface area contributed by atoms with Gasteiger partial charge in [0.05, 0.1) is 29.7 Å². The van der Waals surface area contributed by atoms with E-state index < -0.39 is 10.0 Å². The number of anilines is 1. The van der Waals surface area contributed by atoms with E-state index >= 15 is 0 Å². The van der Waals surface area contributed by atoms with Crippen molar-refractivity contribution in [2.24, 2.45) is 7.05 Å². The van der Waals surface area contributed by atoms with E-state index in [0.717, 1.165) is 48.6 Å². The number of morpholine rings is 1. The molecule has 0 aliphatic carbocycles. The normalized spacial score (nSPS) is 19.0. The molecule has 2 aliphatic heterocycles. The van der Waals surface area contributed by atoms with Crippen LogP contribution in [0.4, 0.5) is 5.82 Å². The molecule has 2 fully saturated rings. The van der Waals surface area contributed by atoms with Crippen molar-refractivity contribution in [2.45, 2.75) is 11.4 Å². The van der Waals surface area contributed by atoms with Crippen molar-refractivity contribution in [1.82, 2.24) is 29.0 Å². The molecular weight excluding hydrogens is 430 g/mol. The maximum Gasteiger partial charge on any atom is 0.243 e. The second-order valence-corrected chi connectivity index (χ2v) is 10.1. The minimum atomic E-state index is -3.48. The molecule has 10 nitrogen and oxygen atoms in total. The van der Waals surface area contributed by atoms with Crippen molar-refractivity contribution in [3.05, 3.63) is 42.4 Å². The third kappa shape index (κ3) is 4.08. The summed E-state index contributed by atoms with van der Waals surface area (Å²) in [6, 6.07) is 7.31. The molecule has 11 heteroatoms. The van der Waals surface area contributed by atoms with Gasteiger partial charge < -0.3 is 9.64 Å². The summed E-state index contributed by atoms with van der Waals surface area (Å²) in [7, 11) is -1.61. The zero-order valence-electron chi connectivity index (χ0n) is 18.1. The van der Waals surface area contributed by atoms with E-state index in [1.165, 1.54) is 4.31 Å². The molecule has 4 heterocycles. The molecule has 2 aromatic heterocycles. The molecule has 32 heavy (non-hydrogen) atoms. The summed E-state index contributed by atoms with van der Waals surface area (Å²) < 4.78 is 34.5. The van der Waals surface area contributed by atoms with Crippen LogP contribution in [0.1, 0.15) is 5.56 Å². The maximum absolute atomic E-state index is 13.0. The molecular formula is C21H27N7O3S. The van der Waals surface area contributed by atoms with Gasteiger partial charge in [-0.3, -0.25) is 9.58 Å². The van der Waals surface area contributed by atoms with Gasteiger partial charge in [0.1, 0.15) is 12.1 Å². The number of piperazine rings is 1. The van der Waals surface area contributed by atoms with Crippen LogP contribution in [0.5, 0.6) is 0 Å². The fraction of sp³-hybridized carbons (Fsp3) is 0.476. The molecule has 0 amide bonds. The first-order valence-electron chi connectivity index (χ1n) is 10.8. The van der Waals surface area contributed by atoms with Crippen LogP contribution in [-0.4, -0.2) is 89.9 Å². The predicted molar refractivity (Wildman–Crippen MR) is 120 cm³/mol.